The smallest absolute Gasteiger partial charge is 0.287 e. The highest BCUT2D eigenvalue weighted by Crippen LogP contribution is 2.24. The number of nitrogens with one attached hydrogen (secondary N) is 2. The van der Waals surface area contributed by atoms with E-state index in [1.54, 1.807) is 23.9 Å². The van der Waals surface area contributed by atoms with Crippen LogP contribution in [0.3, 0.4) is 0 Å². The molecule has 1 atom stereocenters. The van der Waals surface area contributed by atoms with Crippen molar-refractivity contribution in [3.05, 3.63) is 34.5 Å². The number of anilines is 2. The van der Waals surface area contributed by atoms with Gasteiger partial charge in [0.05, 0.1) is 48.4 Å². The molecule has 2 N–H and O–H groups in total. The van der Waals surface area contributed by atoms with Gasteiger partial charge >= 0.3 is 0 Å². The predicted molar refractivity (Wildman–Crippen MR) is 127 cm³/mol. The van der Waals surface area contributed by atoms with Crippen LogP contribution in [0.4, 0.5) is 11.6 Å². The van der Waals surface area contributed by atoms with Crippen molar-refractivity contribution in [2.24, 2.45) is 0 Å². The zero-order chi connectivity index (χ0) is 24.4. The van der Waals surface area contributed by atoms with E-state index in [-0.39, 0.29) is 23.3 Å². The van der Waals surface area contributed by atoms with Crippen LogP contribution in [-0.4, -0.2) is 73.8 Å². The third kappa shape index (κ3) is 5.70. The highest BCUT2D eigenvalue weighted by Gasteiger charge is 2.26. The van der Waals surface area contributed by atoms with Gasteiger partial charge < -0.3 is 24.0 Å². The lowest BCUT2D eigenvalue weighted by Gasteiger charge is -2.34. The van der Waals surface area contributed by atoms with Crippen molar-refractivity contribution in [3.63, 3.8) is 0 Å². The Morgan fingerprint density at radius 2 is 2.12 bits per heavy atom. The predicted octanol–water partition coefficient (Wildman–Crippen LogP) is 1.00. The highest BCUT2D eigenvalue weighted by atomic mass is 16.5. The summed E-state index contributed by atoms with van der Waals surface area (Å²) in [6.07, 6.45) is 4.11. The number of aromatic nitrogens is 5. The molecule has 0 aliphatic carbocycles. The third-order valence-corrected chi connectivity index (χ3v) is 5.12. The molecule has 6 radical (unpaired) electrons. The molecule has 166 valence electrons. The number of aromatic amines is 1. The molecule has 10 nitrogen and oxygen atoms in total. The van der Waals surface area contributed by atoms with E-state index in [0.29, 0.717) is 23.3 Å². The standard InChI is InChI=1S/C15H14B3N7O2.C5H10O/c1-8(7-27-2)25-10(4-19)3-9-5-20-14(22-12(9)25)21-11-6-24(15(16,17)18)23-13(11)26;1-5(2)3-4-6-5/h3,5-6,8H,7H2,1-2H3,(H,23,26)(H,20,21,22);3-4H2,1-2H3/t8-;/m0./s1. The Morgan fingerprint density at radius 3 is 2.61 bits per heavy atom. The van der Waals surface area contributed by atoms with Crippen LogP contribution < -0.4 is 10.9 Å². The fraction of sp³-hybridized carbons (Fsp3) is 0.500. The van der Waals surface area contributed by atoms with E-state index < -0.39 is 10.8 Å². The Labute approximate surface area is 195 Å². The molecule has 0 bridgehead atoms. The molecule has 1 aliphatic heterocycles. The van der Waals surface area contributed by atoms with Crippen molar-refractivity contribution < 1.29 is 9.47 Å². The highest BCUT2D eigenvalue weighted by molar-refractivity contribution is 6.56. The van der Waals surface area contributed by atoms with Gasteiger partial charge in [0.2, 0.25) is 5.95 Å². The molecule has 0 aromatic carbocycles. The van der Waals surface area contributed by atoms with Crippen molar-refractivity contribution in [3.8, 4) is 6.07 Å². The number of nitrogens with zero attached hydrogens (tertiary/aromatic N) is 5. The minimum atomic E-state index is -1.75. The van der Waals surface area contributed by atoms with Gasteiger partial charge in [0.15, 0.2) is 0 Å². The lowest BCUT2D eigenvalue weighted by molar-refractivity contribution is -0.120. The summed E-state index contributed by atoms with van der Waals surface area (Å²) < 4.78 is 13.1. The quantitative estimate of drug-likeness (QED) is 0.546. The second-order valence-electron chi connectivity index (χ2n) is 8.51. The van der Waals surface area contributed by atoms with Gasteiger partial charge in [-0.15, -0.1) is 0 Å². The van der Waals surface area contributed by atoms with Gasteiger partial charge in [0.1, 0.15) is 23.1 Å². The Hall–Kier alpha value is -2.97. The number of hydrogen-bond acceptors (Lipinski definition) is 7. The van der Waals surface area contributed by atoms with Crippen LogP contribution in [0.25, 0.3) is 11.0 Å². The molecular formula is C20H24B3N7O3. The van der Waals surface area contributed by atoms with Gasteiger partial charge in [0.25, 0.3) is 5.56 Å². The summed E-state index contributed by atoms with van der Waals surface area (Å²) in [7, 11) is 18.2. The van der Waals surface area contributed by atoms with Crippen molar-refractivity contribution >= 4 is 46.2 Å². The minimum Gasteiger partial charge on any atom is -0.383 e. The maximum atomic E-state index is 12.0. The average molecular weight is 443 g/mol. The number of nitriles is 1. The zero-order valence-corrected chi connectivity index (χ0v) is 19.1. The van der Waals surface area contributed by atoms with Crippen LogP contribution in [0.2, 0.25) is 0 Å². The number of rotatable bonds is 6. The number of hydrogen-bond donors (Lipinski definition) is 2. The van der Waals surface area contributed by atoms with Gasteiger partial charge in [-0.1, -0.05) is 0 Å². The first kappa shape index (κ1) is 24.7. The summed E-state index contributed by atoms with van der Waals surface area (Å²) in [4.78, 5) is 20.6. The second-order valence-corrected chi connectivity index (χ2v) is 8.51. The van der Waals surface area contributed by atoms with Gasteiger partial charge in [-0.3, -0.25) is 9.89 Å². The van der Waals surface area contributed by atoms with Crippen molar-refractivity contribution in [2.75, 3.05) is 25.6 Å². The van der Waals surface area contributed by atoms with E-state index in [4.69, 9.17) is 33.0 Å². The van der Waals surface area contributed by atoms with E-state index in [2.05, 4.69) is 40.3 Å². The summed E-state index contributed by atoms with van der Waals surface area (Å²) >= 11 is 0. The molecule has 0 amide bonds. The molecule has 0 unspecified atom stereocenters. The first-order valence-electron chi connectivity index (χ1n) is 10.3. The van der Waals surface area contributed by atoms with Crippen LogP contribution in [0, 0.1) is 11.3 Å². The van der Waals surface area contributed by atoms with Crippen LogP contribution in [0.1, 0.15) is 38.9 Å². The summed E-state index contributed by atoms with van der Waals surface area (Å²) in [6, 6.07) is 3.71. The van der Waals surface area contributed by atoms with Gasteiger partial charge in [-0.2, -0.15) is 10.2 Å². The van der Waals surface area contributed by atoms with Crippen LogP contribution in [-0.2, 0) is 14.7 Å². The average Bonchev–Trinajstić information content (AvgIpc) is 3.27. The SMILES string of the molecule is CC1(C)CCO1.[B]C([B])([B])n1cc(Nc2ncc3cc(C#N)n([C@@H](C)COC)c3n2)c(=O)[nH]1. The number of ether oxygens (including phenoxy) is 2. The summed E-state index contributed by atoms with van der Waals surface area (Å²) in [5.74, 6) is 0.163. The minimum absolute atomic E-state index is 0.114. The Morgan fingerprint density at radius 1 is 1.45 bits per heavy atom. The molecule has 0 saturated carbocycles. The van der Waals surface area contributed by atoms with Gasteiger partial charge in [-0.05, 0) is 38.5 Å². The molecule has 13 heteroatoms. The Bertz CT molecular complexity index is 1210. The van der Waals surface area contributed by atoms with E-state index in [9.17, 15) is 10.1 Å². The summed E-state index contributed by atoms with van der Waals surface area (Å²) in [6.45, 7) is 7.49. The van der Waals surface area contributed by atoms with E-state index in [0.717, 1.165) is 11.3 Å². The van der Waals surface area contributed by atoms with Crippen molar-refractivity contribution in [2.45, 2.75) is 44.1 Å². The van der Waals surface area contributed by atoms with Crippen molar-refractivity contribution in [1.29, 1.82) is 5.26 Å². The molecule has 1 saturated heterocycles. The first-order valence-corrected chi connectivity index (χ1v) is 10.3. The lowest BCUT2D eigenvalue weighted by Crippen LogP contribution is -2.36. The Balaban J connectivity index is 0.000000442. The molecular weight excluding hydrogens is 419 g/mol. The zero-order valence-electron chi connectivity index (χ0n) is 19.1. The van der Waals surface area contributed by atoms with Gasteiger partial charge in [0, 0.05) is 24.9 Å². The normalized spacial score (nSPS) is 15.7. The van der Waals surface area contributed by atoms with Crippen LogP contribution >= 0.6 is 0 Å². The Kier molecular flexibility index (Phi) is 7.10. The fourth-order valence-corrected chi connectivity index (χ4v) is 3.23. The third-order valence-electron chi connectivity index (χ3n) is 5.12. The van der Waals surface area contributed by atoms with Crippen LogP contribution in [0.5, 0.6) is 0 Å². The summed E-state index contributed by atoms with van der Waals surface area (Å²) in [5, 5.41) is 13.5. The van der Waals surface area contributed by atoms with E-state index in [1.807, 2.05) is 6.92 Å². The number of methoxy groups -OCH3 is 1. The largest absolute Gasteiger partial charge is 0.383 e. The molecule has 4 heterocycles. The maximum absolute atomic E-state index is 12.0. The molecule has 3 aromatic rings. The lowest BCUT2D eigenvalue weighted by atomic mass is 9.49. The van der Waals surface area contributed by atoms with E-state index >= 15 is 0 Å². The second kappa shape index (κ2) is 9.49. The summed E-state index contributed by atoms with van der Waals surface area (Å²) in [5.41, 5.74) is 0.813. The topological polar surface area (TPSA) is 123 Å². The number of fused-ring (bicyclic) bond motifs is 1. The molecule has 0 spiro atoms. The molecule has 1 aliphatic rings. The van der Waals surface area contributed by atoms with Crippen LogP contribution in [0.15, 0.2) is 23.3 Å². The first-order chi connectivity index (χ1) is 15.4. The molecule has 1 fully saturated rings. The fourth-order valence-electron chi connectivity index (χ4n) is 3.23. The molecule has 4 rings (SSSR count). The monoisotopic (exact) mass is 443 g/mol. The van der Waals surface area contributed by atoms with E-state index in [1.165, 1.54) is 12.6 Å². The maximum Gasteiger partial charge on any atom is 0.287 e. The molecule has 3 aromatic heterocycles. The molecule has 33 heavy (non-hydrogen) atoms. The van der Waals surface area contributed by atoms with Gasteiger partial charge in [-0.25, -0.2) is 4.98 Å². The van der Waals surface area contributed by atoms with Crippen molar-refractivity contribution in [1.82, 2.24) is 24.3 Å². The number of H-pyrrole nitrogens is 1.